The smallest absolute Gasteiger partial charge is 0.338 e. The van der Waals surface area contributed by atoms with Crippen LogP contribution in [0.3, 0.4) is 0 Å². The Labute approximate surface area is 124 Å². The number of hydrogen-bond acceptors (Lipinski definition) is 4. The Hall–Kier alpha value is -2.49. The van der Waals surface area contributed by atoms with Crippen molar-refractivity contribution in [3.63, 3.8) is 0 Å². The molecule has 0 aliphatic heterocycles. The number of nitrogens with two attached hydrogens (primary N) is 1. The predicted molar refractivity (Wildman–Crippen MR) is 82.3 cm³/mol. The monoisotopic (exact) mass is 285 g/mol. The molecule has 0 aromatic heterocycles. The molecule has 0 atom stereocenters. The highest BCUT2D eigenvalue weighted by Crippen LogP contribution is 2.20. The van der Waals surface area contributed by atoms with E-state index >= 15 is 0 Å². The van der Waals surface area contributed by atoms with E-state index in [2.05, 4.69) is 0 Å². The SMILES string of the molecule is CCOc1cc(N)cc(C(=O)OCc2cccc(C)c2)c1. The van der Waals surface area contributed by atoms with Crippen molar-refractivity contribution >= 4 is 11.7 Å². The molecule has 2 aromatic rings. The maximum atomic E-state index is 12.1. The number of esters is 1. The van der Waals surface area contributed by atoms with Crippen LogP contribution >= 0.6 is 0 Å². The average Bonchev–Trinajstić information content (AvgIpc) is 2.44. The van der Waals surface area contributed by atoms with Crippen LogP contribution in [0.1, 0.15) is 28.4 Å². The van der Waals surface area contributed by atoms with Gasteiger partial charge in [-0.3, -0.25) is 0 Å². The van der Waals surface area contributed by atoms with Gasteiger partial charge < -0.3 is 15.2 Å². The van der Waals surface area contributed by atoms with Gasteiger partial charge in [0.25, 0.3) is 0 Å². The summed E-state index contributed by atoms with van der Waals surface area (Å²) in [6, 6.07) is 12.7. The molecule has 4 heteroatoms. The summed E-state index contributed by atoms with van der Waals surface area (Å²) in [5.74, 6) is 0.157. The quantitative estimate of drug-likeness (QED) is 0.676. The summed E-state index contributed by atoms with van der Waals surface area (Å²) < 4.78 is 10.7. The standard InChI is InChI=1S/C17H19NO3/c1-3-20-16-9-14(8-15(18)10-16)17(19)21-11-13-6-4-5-12(2)7-13/h4-10H,3,11,18H2,1-2H3. The number of carbonyl (C=O) groups excluding carboxylic acids is 1. The zero-order chi connectivity index (χ0) is 15.2. The molecule has 4 nitrogen and oxygen atoms in total. The van der Waals surface area contributed by atoms with Crippen molar-refractivity contribution < 1.29 is 14.3 Å². The molecule has 0 aliphatic carbocycles. The molecule has 0 saturated carbocycles. The summed E-state index contributed by atoms with van der Waals surface area (Å²) in [7, 11) is 0. The number of hydrogen-bond donors (Lipinski definition) is 1. The number of rotatable bonds is 5. The van der Waals surface area contributed by atoms with Crippen molar-refractivity contribution in [2.75, 3.05) is 12.3 Å². The van der Waals surface area contributed by atoms with Gasteiger partial charge in [-0.05, 0) is 31.5 Å². The van der Waals surface area contributed by atoms with E-state index in [1.807, 2.05) is 38.1 Å². The third-order valence-electron chi connectivity index (χ3n) is 2.93. The second kappa shape index (κ2) is 6.79. The fraction of sp³-hybridized carbons (Fsp3) is 0.235. The molecule has 21 heavy (non-hydrogen) atoms. The molecular formula is C17H19NO3. The minimum atomic E-state index is -0.412. The first-order valence-corrected chi connectivity index (χ1v) is 6.84. The normalized spacial score (nSPS) is 10.2. The van der Waals surface area contributed by atoms with E-state index in [0.29, 0.717) is 23.6 Å². The lowest BCUT2D eigenvalue weighted by molar-refractivity contribution is 0.0472. The molecule has 0 bridgehead atoms. The molecule has 0 saturated heterocycles. The van der Waals surface area contributed by atoms with Crippen LogP contribution in [0.15, 0.2) is 42.5 Å². The minimum absolute atomic E-state index is 0.235. The number of aryl methyl sites for hydroxylation is 1. The van der Waals surface area contributed by atoms with Crippen LogP contribution in [0.2, 0.25) is 0 Å². The van der Waals surface area contributed by atoms with E-state index in [4.69, 9.17) is 15.2 Å². The number of ether oxygens (including phenoxy) is 2. The largest absolute Gasteiger partial charge is 0.494 e. The minimum Gasteiger partial charge on any atom is -0.494 e. The van der Waals surface area contributed by atoms with Gasteiger partial charge in [-0.25, -0.2) is 4.79 Å². The van der Waals surface area contributed by atoms with E-state index in [1.54, 1.807) is 18.2 Å². The van der Waals surface area contributed by atoms with E-state index in [1.165, 1.54) is 0 Å². The lowest BCUT2D eigenvalue weighted by Gasteiger charge is -2.09. The Bertz CT molecular complexity index is 638. The Balaban J connectivity index is 2.06. The highest BCUT2D eigenvalue weighted by Gasteiger charge is 2.10. The second-order valence-corrected chi connectivity index (χ2v) is 4.79. The predicted octanol–water partition coefficient (Wildman–Crippen LogP) is 3.33. The van der Waals surface area contributed by atoms with Crippen LogP contribution < -0.4 is 10.5 Å². The fourth-order valence-electron chi connectivity index (χ4n) is 2.02. The van der Waals surface area contributed by atoms with Crippen molar-refractivity contribution in [1.29, 1.82) is 0 Å². The Morgan fingerprint density at radius 2 is 2.00 bits per heavy atom. The molecular weight excluding hydrogens is 266 g/mol. The van der Waals surface area contributed by atoms with Gasteiger partial charge in [0.15, 0.2) is 0 Å². The first kappa shape index (κ1) is 14.9. The maximum absolute atomic E-state index is 12.1. The van der Waals surface area contributed by atoms with Gasteiger partial charge in [-0.15, -0.1) is 0 Å². The molecule has 2 aromatic carbocycles. The number of carbonyl (C=O) groups is 1. The average molecular weight is 285 g/mol. The van der Waals surface area contributed by atoms with Gasteiger partial charge in [-0.2, -0.15) is 0 Å². The Morgan fingerprint density at radius 3 is 2.71 bits per heavy atom. The van der Waals surface area contributed by atoms with Crippen LogP contribution in [0.5, 0.6) is 5.75 Å². The summed E-state index contributed by atoms with van der Waals surface area (Å²) in [5.41, 5.74) is 8.72. The molecule has 0 aliphatic rings. The number of benzene rings is 2. The molecule has 2 N–H and O–H groups in total. The first-order valence-electron chi connectivity index (χ1n) is 6.84. The van der Waals surface area contributed by atoms with Gasteiger partial charge in [-0.1, -0.05) is 29.8 Å². The zero-order valence-electron chi connectivity index (χ0n) is 12.3. The third kappa shape index (κ3) is 4.24. The van der Waals surface area contributed by atoms with Crippen molar-refractivity contribution in [2.24, 2.45) is 0 Å². The molecule has 110 valence electrons. The molecule has 0 amide bonds. The fourth-order valence-corrected chi connectivity index (χ4v) is 2.02. The molecule has 0 heterocycles. The lowest BCUT2D eigenvalue weighted by Crippen LogP contribution is -2.07. The second-order valence-electron chi connectivity index (χ2n) is 4.79. The highest BCUT2D eigenvalue weighted by molar-refractivity contribution is 5.91. The summed E-state index contributed by atoms with van der Waals surface area (Å²) in [6.45, 7) is 4.62. The maximum Gasteiger partial charge on any atom is 0.338 e. The van der Waals surface area contributed by atoms with E-state index in [0.717, 1.165) is 11.1 Å². The van der Waals surface area contributed by atoms with Gasteiger partial charge in [0.1, 0.15) is 12.4 Å². The Kier molecular flexibility index (Phi) is 4.82. The summed E-state index contributed by atoms with van der Waals surface area (Å²) in [6.07, 6.45) is 0. The van der Waals surface area contributed by atoms with Gasteiger partial charge >= 0.3 is 5.97 Å². The van der Waals surface area contributed by atoms with Crippen LogP contribution in [0.4, 0.5) is 5.69 Å². The van der Waals surface area contributed by atoms with Crippen LogP contribution in [0, 0.1) is 6.92 Å². The number of anilines is 1. The molecule has 0 fully saturated rings. The van der Waals surface area contributed by atoms with Crippen LogP contribution in [-0.4, -0.2) is 12.6 Å². The van der Waals surface area contributed by atoms with Crippen molar-refractivity contribution in [1.82, 2.24) is 0 Å². The summed E-state index contributed by atoms with van der Waals surface area (Å²) >= 11 is 0. The third-order valence-corrected chi connectivity index (χ3v) is 2.93. The lowest BCUT2D eigenvalue weighted by atomic mass is 10.1. The molecule has 0 unspecified atom stereocenters. The van der Waals surface area contributed by atoms with Gasteiger partial charge in [0, 0.05) is 11.8 Å². The molecule has 0 radical (unpaired) electrons. The summed E-state index contributed by atoms with van der Waals surface area (Å²) in [5, 5.41) is 0. The van der Waals surface area contributed by atoms with Gasteiger partial charge in [0.05, 0.1) is 12.2 Å². The van der Waals surface area contributed by atoms with E-state index in [-0.39, 0.29) is 6.61 Å². The molecule has 2 rings (SSSR count). The zero-order valence-corrected chi connectivity index (χ0v) is 12.3. The van der Waals surface area contributed by atoms with Crippen molar-refractivity contribution in [2.45, 2.75) is 20.5 Å². The molecule has 0 spiro atoms. The van der Waals surface area contributed by atoms with E-state index in [9.17, 15) is 4.79 Å². The van der Waals surface area contributed by atoms with Crippen LogP contribution in [0.25, 0.3) is 0 Å². The topological polar surface area (TPSA) is 61.5 Å². The van der Waals surface area contributed by atoms with Crippen molar-refractivity contribution in [3.05, 3.63) is 59.2 Å². The highest BCUT2D eigenvalue weighted by atomic mass is 16.5. The summed E-state index contributed by atoms with van der Waals surface area (Å²) in [4.78, 5) is 12.1. The Morgan fingerprint density at radius 1 is 1.19 bits per heavy atom. The first-order chi connectivity index (χ1) is 10.1. The van der Waals surface area contributed by atoms with E-state index < -0.39 is 5.97 Å². The van der Waals surface area contributed by atoms with Crippen molar-refractivity contribution in [3.8, 4) is 5.75 Å². The van der Waals surface area contributed by atoms with Gasteiger partial charge in [0.2, 0.25) is 0 Å². The number of nitrogen functional groups attached to an aromatic ring is 1. The van der Waals surface area contributed by atoms with Crippen LogP contribution in [-0.2, 0) is 11.3 Å².